The molecule has 41 heavy (non-hydrogen) atoms. The van der Waals surface area contributed by atoms with Gasteiger partial charge in [0, 0.05) is 18.3 Å². The molecule has 2 heterocycles. The number of unbranched alkanes of at least 4 members (excludes halogenated alkanes) is 7. The third-order valence-electron chi connectivity index (χ3n) is 9.39. The molecule has 1 aliphatic carbocycles. The summed E-state index contributed by atoms with van der Waals surface area (Å²) in [6.07, 6.45) is 20.2. The number of nitrogens with zero attached hydrogens (tertiary/aromatic N) is 1. The van der Waals surface area contributed by atoms with Crippen LogP contribution >= 0.6 is 0 Å². The summed E-state index contributed by atoms with van der Waals surface area (Å²) in [5, 5.41) is 42.8. The van der Waals surface area contributed by atoms with Crippen molar-refractivity contribution in [2.24, 2.45) is 22.7 Å². The first-order valence-corrected chi connectivity index (χ1v) is 16.3. The van der Waals surface area contributed by atoms with E-state index in [-0.39, 0.29) is 18.4 Å². The molecular weight excluding hydrogens is 516 g/mol. The number of H-pyrrole nitrogens is 1. The second-order valence-corrected chi connectivity index (χ2v) is 12.8. The molecule has 0 aromatic carbocycles. The second kappa shape index (κ2) is 17.8. The summed E-state index contributed by atoms with van der Waals surface area (Å²) in [4.78, 5) is 19.5. The number of carboxylic acids is 1. The van der Waals surface area contributed by atoms with Gasteiger partial charge in [-0.3, -0.25) is 4.79 Å². The molecule has 0 spiro atoms. The molecule has 1 aromatic rings. The van der Waals surface area contributed by atoms with E-state index in [0.717, 1.165) is 69.9 Å². The normalized spacial score (nSPS) is 24.2. The van der Waals surface area contributed by atoms with Crippen molar-refractivity contribution in [1.29, 1.82) is 0 Å². The zero-order valence-electron chi connectivity index (χ0n) is 25.2. The van der Waals surface area contributed by atoms with Crippen molar-refractivity contribution in [3.05, 3.63) is 42.2 Å². The number of hydrogen-bond acceptors (Lipinski definition) is 5. The second-order valence-electron chi connectivity index (χ2n) is 12.8. The summed E-state index contributed by atoms with van der Waals surface area (Å²) in [7, 11) is 0. The Labute approximate surface area is 247 Å². The van der Waals surface area contributed by atoms with Gasteiger partial charge in [-0.1, -0.05) is 64.7 Å². The van der Waals surface area contributed by atoms with E-state index >= 15 is 0 Å². The maximum Gasteiger partial charge on any atom is 0.309 e. The average molecular weight is 572 g/mol. The molecule has 0 amide bonds. The summed E-state index contributed by atoms with van der Waals surface area (Å²) in [5.41, 5.74) is 1.34. The molecule has 7 nitrogen and oxygen atoms in total. The number of carbonyl (C=O) groups is 1. The van der Waals surface area contributed by atoms with Gasteiger partial charge in [-0.05, 0) is 75.3 Å². The Bertz CT molecular complexity index is 930. The number of aliphatic hydroxyl groups is 3. The number of aliphatic carboxylic acids is 1. The van der Waals surface area contributed by atoms with Crippen molar-refractivity contribution in [3.63, 3.8) is 0 Å². The van der Waals surface area contributed by atoms with E-state index in [2.05, 4.69) is 16.9 Å². The smallest absolute Gasteiger partial charge is 0.309 e. The highest BCUT2D eigenvalue weighted by Gasteiger charge is 2.47. The molecule has 230 valence electrons. The maximum absolute atomic E-state index is 12.0. The molecule has 1 aliphatic heterocycles. The van der Waals surface area contributed by atoms with E-state index in [1.807, 2.05) is 30.6 Å². The highest BCUT2D eigenvalue weighted by Crippen LogP contribution is 2.47. The van der Waals surface area contributed by atoms with Crippen LogP contribution in [0.4, 0.5) is 0 Å². The molecule has 1 aromatic heterocycles. The van der Waals surface area contributed by atoms with Gasteiger partial charge >= 0.3 is 5.97 Å². The monoisotopic (exact) mass is 571 g/mol. The quantitative estimate of drug-likeness (QED) is 0.0774. The van der Waals surface area contributed by atoms with Crippen molar-refractivity contribution >= 4 is 12.2 Å². The highest BCUT2D eigenvalue weighted by atomic mass is 16.4. The topological polar surface area (TPSA) is 126 Å². The minimum atomic E-state index is -0.976. The fraction of sp³-hybridized carbons (Fsp3) is 0.735. The van der Waals surface area contributed by atoms with Crippen molar-refractivity contribution in [1.82, 2.24) is 4.98 Å². The number of allylic oxidation sites excluding steroid dienone is 1. The van der Waals surface area contributed by atoms with Crippen LogP contribution in [0, 0.1) is 24.3 Å². The molecule has 1 saturated carbocycles. The molecule has 3 rings (SSSR count). The maximum atomic E-state index is 12.0. The van der Waals surface area contributed by atoms with Crippen LogP contribution in [-0.4, -0.2) is 55.4 Å². The molecule has 7 heteroatoms. The Hall–Kier alpha value is -2.09. The first kappa shape index (κ1) is 33.4. The minimum absolute atomic E-state index is 0.0521. The van der Waals surface area contributed by atoms with Crippen molar-refractivity contribution in [2.45, 2.75) is 140 Å². The molecule has 5 N–H and O–H groups in total. The van der Waals surface area contributed by atoms with Crippen LogP contribution in [0.3, 0.4) is 0 Å². The van der Waals surface area contributed by atoms with E-state index in [1.165, 1.54) is 31.3 Å². The van der Waals surface area contributed by atoms with Gasteiger partial charge in [0.05, 0.1) is 29.8 Å². The van der Waals surface area contributed by atoms with E-state index < -0.39 is 23.6 Å². The molecule has 0 bridgehead atoms. The largest absolute Gasteiger partial charge is 0.481 e. The van der Waals surface area contributed by atoms with Crippen LogP contribution in [0.15, 0.2) is 35.0 Å². The zero-order chi connectivity index (χ0) is 29.5. The van der Waals surface area contributed by atoms with Gasteiger partial charge in [0.25, 0.3) is 0 Å². The minimum Gasteiger partial charge on any atom is -0.481 e. The highest BCUT2D eigenvalue weighted by molar-refractivity contribution is 5.81. The Kier molecular flexibility index (Phi) is 14.5. The lowest BCUT2D eigenvalue weighted by atomic mass is 9.81. The number of carboxylic acid groups (broad SMARTS) is 1. The molecule has 1 fully saturated rings. The molecule has 6 atom stereocenters. The first-order valence-electron chi connectivity index (χ1n) is 16.3. The van der Waals surface area contributed by atoms with Gasteiger partial charge in [-0.15, -0.1) is 4.99 Å². The number of aromatic nitrogens is 1. The van der Waals surface area contributed by atoms with Crippen LogP contribution in [-0.2, 0) is 11.2 Å². The third-order valence-corrected chi connectivity index (χ3v) is 9.39. The van der Waals surface area contributed by atoms with Gasteiger partial charge < -0.3 is 25.4 Å². The van der Waals surface area contributed by atoms with E-state index in [9.17, 15) is 25.2 Å². The Balaban J connectivity index is 1.41. The van der Waals surface area contributed by atoms with E-state index in [0.29, 0.717) is 25.2 Å². The van der Waals surface area contributed by atoms with E-state index in [4.69, 9.17) is 0 Å². The van der Waals surface area contributed by atoms with Crippen LogP contribution in [0.2, 0.25) is 0 Å². The molecular formula is C34H55N2O5+. The fourth-order valence-electron chi connectivity index (χ4n) is 6.95. The van der Waals surface area contributed by atoms with Gasteiger partial charge in [0.1, 0.15) is 12.1 Å². The summed E-state index contributed by atoms with van der Waals surface area (Å²) in [6, 6.07) is 4.01. The van der Waals surface area contributed by atoms with Gasteiger partial charge in [0.15, 0.2) is 6.21 Å². The lowest BCUT2D eigenvalue weighted by Crippen LogP contribution is -2.37. The standard InChI is InChI=1S/C34H54N2O5/c1-2-3-4-5-8-13-30(37)14-9-6-7-10-15-31(33(39)40)32(38)16-18-34(41)24-27(21-26-17-20-35-25-26)22-28(34)23-29-12-11-19-36-29/h11-12,17,19-20,25,27-28,30-32,36-38,41H,2-10,13-16,18,21-24H2,1H3/p+1. The Morgan fingerprint density at radius 1 is 1.05 bits per heavy atom. The Morgan fingerprint density at radius 3 is 2.37 bits per heavy atom. The Morgan fingerprint density at radius 2 is 1.76 bits per heavy atom. The van der Waals surface area contributed by atoms with Crippen molar-refractivity contribution < 1.29 is 25.2 Å². The molecule has 2 aliphatic rings. The van der Waals surface area contributed by atoms with Crippen LogP contribution in [0.5, 0.6) is 0 Å². The van der Waals surface area contributed by atoms with Gasteiger partial charge in [-0.2, -0.15) is 0 Å². The first-order chi connectivity index (χ1) is 19.8. The third kappa shape index (κ3) is 11.6. The number of nitrogens with one attached hydrogen (secondary N) is 1. The number of aliphatic hydroxyl groups excluding tert-OH is 2. The van der Waals surface area contributed by atoms with Crippen molar-refractivity contribution in [3.8, 4) is 0 Å². The predicted molar refractivity (Wildman–Crippen MR) is 165 cm³/mol. The van der Waals surface area contributed by atoms with Gasteiger partial charge in [0.2, 0.25) is 0 Å². The zero-order valence-corrected chi connectivity index (χ0v) is 25.2. The predicted octanol–water partition coefficient (Wildman–Crippen LogP) is 6.78. The number of rotatable bonds is 22. The summed E-state index contributed by atoms with van der Waals surface area (Å²) >= 11 is 0. The van der Waals surface area contributed by atoms with Crippen LogP contribution in [0.25, 0.3) is 0 Å². The number of hydrogen-bond donors (Lipinski definition) is 5. The van der Waals surface area contributed by atoms with E-state index in [1.54, 1.807) is 6.54 Å². The van der Waals surface area contributed by atoms with Gasteiger partial charge in [-0.25, -0.2) is 0 Å². The van der Waals surface area contributed by atoms with Crippen molar-refractivity contribution in [2.75, 3.05) is 0 Å². The summed E-state index contributed by atoms with van der Waals surface area (Å²) in [5.74, 6) is -1.40. The lowest BCUT2D eigenvalue weighted by molar-refractivity contribution is -0.146. The van der Waals surface area contributed by atoms with Crippen LogP contribution in [0.1, 0.15) is 122 Å². The molecule has 0 saturated heterocycles. The fourth-order valence-corrected chi connectivity index (χ4v) is 6.95. The molecule has 0 radical (unpaired) electrons. The lowest BCUT2D eigenvalue weighted by Gasteiger charge is -2.32. The summed E-state index contributed by atoms with van der Waals surface area (Å²) < 4.78 is 0. The summed E-state index contributed by atoms with van der Waals surface area (Å²) in [6.45, 7) is 4.01. The number of aliphatic imine (C=N–C) groups is 1. The van der Waals surface area contributed by atoms with Crippen LogP contribution < -0.4 is 0 Å². The number of aromatic amines is 1. The SMILES string of the molecule is CCCCCCCC(O)CCCCCCC(C(=O)O)C(O)CCC1(O)CC(CC2=C[CH+]N=C2)CC1Cc1ccc[nH]1. The molecule has 6 unspecified atom stereocenters. The average Bonchev–Trinajstić information content (AvgIpc) is 3.70.